The van der Waals surface area contributed by atoms with Gasteiger partial charge in [-0.05, 0) is 60.5 Å². The number of nitrogens with one attached hydrogen (secondary N) is 1. The number of rotatable bonds is 7. The van der Waals surface area contributed by atoms with Crippen molar-refractivity contribution in [2.75, 3.05) is 13.2 Å². The molecule has 4 nitrogen and oxygen atoms in total. The summed E-state index contributed by atoms with van der Waals surface area (Å²) < 4.78 is 11.4. The third-order valence-electron chi connectivity index (χ3n) is 4.20. The van der Waals surface area contributed by atoms with Crippen LogP contribution in [-0.4, -0.2) is 25.2 Å². The van der Waals surface area contributed by atoms with E-state index in [2.05, 4.69) is 11.4 Å². The molecule has 3 rings (SSSR count). The van der Waals surface area contributed by atoms with E-state index in [0.29, 0.717) is 23.9 Å². The van der Waals surface area contributed by atoms with Crippen molar-refractivity contribution >= 4 is 28.3 Å². The van der Waals surface area contributed by atoms with E-state index in [9.17, 15) is 4.79 Å². The van der Waals surface area contributed by atoms with E-state index in [1.165, 1.54) is 5.39 Å². The number of carbonyl (C=O) groups excluding carboxylic acids is 1. The highest BCUT2D eigenvalue weighted by Crippen LogP contribution is 2.22. The van der Waals surface area contributed by atoms with Crippen molar-refractivity contribution in [3.63, 3.8) is 0 Å². The fourth-order valence-corrected chi connectivity index (χ4v) is 2.81. The molecule has 1 N–H and O–H groups in total. The Morgan fingerprint density at radius 1 is 1.04 bits per heavy atom. The van der Waals surface area contributed by atoms with Crippen molar-refractivity contribution in [1.29, 1.82) is 0 Å². The molecule has 0 unspecified atom stereocenters. The van der Waals surface area contributed by atoms with Gasteiger partial charge in [0.1, 0.15) is 18.1 Å². The van der Waals surface area contributed by atoms with Gasteiger partial charge >= 0.3 is 0 Å². The number of hydrogen-bond acceptors (Lipinski definition) is 3. The second kappa shape index (κ2) is 8.78. The van der Waals surface area contributed by atoms with Gasteiger partial charge in [0.25, 0.3) is 5.91 Å². The first-order valence-corrected chi connectivity index (χ1v) is 9.23. The largest absolute Gasteiger partial charge is 0.492 e. The average molecular weight is 384 g/mol. The first kappa shape index (κ1) is 19.1. The van der Waals surface area contributed by atoms with Crippen LogP contribution in [0.5, 0.6) is 11.5 Å². The minimum atomic E-state index is -0.605. The smallest absolute Gasteiger partial charge is 0.260 e. The van der Waals surface area contributed by atoms with Crippen molar-refractivity contribution in [2.24, 2.45) is 0 Å². The molecule has 0 saturated carbocycles. The number of benzene rings is 3. The van der Waals surface area contributed by atoms with Crippen molar-refractivity contribution in [3.05, 3.63) is 71.2 Å². The Hall–Kier alpha value is -2.72. The number of ether oxygens (including phenoxy) is 2. The molecule has 0 bridgehead atoms. The Labute approximate surface area is 164 Å². The lowest BCUT2D eigenvalue weighted by molar-refractivity contribution is -0.127. The van der Waals surface area contributed by atoms with E-state index in [4.69, 9.17) is 21.1 Å². The Kier molecular flexibility index (Phi) is 6.20. The number of fused-ring (bicyclic) bond motifs is 1. The quantitative estimate of drug-likeness (QED) is 0.598. The highest BCUT2D eigenvalue weighted by atomic mass is 35.5. The van der Waals surface area contributed by atoms with Crippen LogP contribution in [-0.2, 0) is 4.79 Å². The molecule has 0 saturated heterocycles. The molecule has 0 spiro atoms. The number of halogens is 1. The maximum atomic E-state index is 12.2. The van der Waals surface area contributed by atoms with Gasteiger partial charge in [-0.1, -0.05) is 41.9 Å². The highest BCUT2D eigenvalue weighted by molar-refractivity contribution is 6.31. The van der Waals surface area contributed by atoms with Gasteiger partial charge in [-0.15, -0.1) is 0 Å². The Morgan fingerprint density at radius 2 is 1.78 bits per heavy atom. The maximum absolute atomic E-state index is 12.2. The maximum Gasteiger partial charge on any atom is 0.260 e. The summed E-state index contributed by atoms with van der Waals surface area (Å²) in [7, 11) is 0. The monoisotopic (exact) mass is 383 g/mol. The summed E-state index contributed by atoms with van der Waals surface area (Å²) >= 11 is 6.00. The van der Waals surface area contributed by atoms with Crippen LogP contribution in [0.25, 0.3) is 10.8 Å². The van der Waals surface area contributed by atoms with Crippen LogP contribution >= 0.6 is 11.6 Å². The normalized spacial score (nSPS) is 11.8. The molecule has 5 heteroatoms. The molecule has 3 aromatic carbocycles. The molecular weight excluding hydrogens is 362 g/mol. The summed E-state index contributed by atoms with van der Waals surface area (Å²) in [4.78, 5) is 12.2. The summed E-state index contributed by atoms with van der Waals surface area (Å²) in [5, 5.41) is 5.79. The predicted octanol–water partition coefficient (Wildman–Crippen LogP) is 4.76. The van der Waals surface area contributed by atoms with Crippen molar-refractivity contribution in [3.8, 4) is 11.5 Å². The first-order valence-electron chi connectivity index (χ1n) is 8.85. The van der Waals surface area contributed by atoms with Gasteiger partial charge in [-0.25, -0.2) is 0 Å². The molecule has 0 heterocycles. The van der Waals surface area contributed by atoms with E-state index in [-0.39, 0.29) is 5.91 Å². The zero-order valence-corrected chi connectivity index (χ0v) is 16.1. The molecule has 27 heavy (non-hydrogen) atoms. The van der Waals surface area contributed by atoms with Crippen LogP contribution in [0.15, 0.2) is 60.7 Å². The summed E-state index contributed by atoms with van der Waals surface area (Å²) in [6.45, 7) is 4.39. The van der Waals surface area contributed by atoms with Gasteiger partial charge in [0.2, 0.25) is 0 Å². The van der Waals surface area contributed by atoms with Crippen LogP contribution < -0.4 is 14.8 Å². The summed E-state index contributed by atoms with van der Waals surface area (Å²) in [6, 6.07) is 19.4. The minimum absolute atomic E-state index is 0.190. The Bertz CT molecular complexity index is 942. The van der Waals surface area contributed by atoms with Gasteiger partial charge in [0.05, 0.1) is 6.54 Å². The number of carbonyl (C=O) groups is 1. The van der Waals surface area contributed by atoms with E-state index < -0.39 is 6.10 Å². The topological polar surface area (TPSA) is 47.6 Å². The van der Waals surface area contributed by atoms with Crippen LogP contribution in [0.1, 0.15) is 12.5 Å². The summed E-state index contributed by atoms with van der Waals surface area (Å²) in [5.41, 5.74) is 0.908. The number of aryl methyl sites for hydroxylation is 1. The van der Waals surface area contributed by atoms with Crippen LogP contribution in [0.3, 0.4) is 0 Å². The van der Waals surface area contributed by atoms with Crippen molar-refractivity contribution in [1.82, 2.24) is 5.32 Å². The Morgan fingerprint density at radius 3 is 2.56 bits per heavy atom. The van der Waals surface area contributed by atoms with E-state index in [1.54, 1.807) is 19.1 Å². The van der Waals surface area contributed by atoms with Crippen molar-refractivity contribution in [2.45, 2.75) is 20.0 Å². The van der Waals surface area contributed by atoms with Crippen molar-refractivity contribution < 1.29 is 14.3 Å². The lowest BCUT2D eigenvalue weighted by Gasteiger charge is -2.15. The van der Waals surface area contributed by atoms with E-state index in [1.807, 2.05) is 49.4 Å². The number of amides is 1. The fourth-order valence-electron chi connectivity index (χ4n) is 2.69. The summed E-state index contributed by atoms with van der Waals surface area (Å²) in [6.07, 6.45) is -0.605. The lowest BCUT2D eigenvalue weighted by Crippen LogP contribution is -2.38. The molecule has 0 radical (unpaired) electrons. The van der Waals surface area contributed by atoms with Gasteiger partial charge in [-0.3, -0.25) is 4.79 Å². The standard InChI is InChI=1S/C22H22ClNO3/c1-15-13-20(9-10-21(15)23)27-16(2)22(25)24-11-12-26-19-8-7-17-5-3-4-6-18(17)14-19/h3-10,13-14,16H,11-12H2,1-2H3,(H,24,25)/t16-/m0/s1. The highest BCUT2D eigenvalue weighted by Gasteiger charge is 2.14. The molecule has 1 amide bonds. The predicted molar refractivity (Wildman–Crippen MR) is 109 cm³/mol. The van der Waals surface area contributed by atoms with E-state index in [0.717, 1.165) is 16.7 Å². The molecule has 140 valence electrons. The minimum Gasteiger partial charge on any atom is -0.492 e. The van der Waals surface area contributed by atoms with E-state index >= 15 is 0 Å². The molecule has 0 aromatic heterocycles. The van der Waals surface area contributed by atoms with Crippen LogP contribution in [0, 0.1) is 6.92 Å². The second-order valence-corrected chi connectivity index (χ2v) is 6.73. The number of hydrogen-bond donors (Lipinski definition) is 1. The third kappa shape index (κ3) is 5.14. The molecule has 0 aliphatic heterocycles. The van der Waals surface area contributed by atoms with Gasteiger partial charge in [0.15, 0.2) is 6.10 Å². The van der Waals surface area contributed by atoms with Crippen LogP contribution in [0.4, 0.5) is 0 Å². The fraction of sp³-hybridized carbons (Fsp3) is 0.227. The van der Waals surface area contributed by atoms with Crippen LogP contribution in [0.2, 0.25) is 5.02 Å². The van der Waals surface area contributed by atoms with Gasteiger partial charge < -0.3 is 14.8 Å². The average Bonchev–Trinajstić information content (AvgIpc) is 2.67. The second-order valence-electron chi connectivity index (χ2n) is 6.32. The van der Waals surface area contributed by atoms with Gasteiger partial charge in [-0.2, -0.15) is 0 Å². The molecular formula is C22H22ClNO3. The molecule has 0 aliphatic carbocycles. The zero-order valence-electron chi connectivity index (χ0n) is 15.4. The first-order chi connectivity index (χ1) is 13.0. The molecule has 0 aliphatic rings. The zero-order chi connectivity index (χ0) is 19.2. The third-order valence-corrected chi connectivity index (χ3v) is 4.63. The SMILES string of the molecule is Cc1cc(O[C@@H](C)C(=O)NCCOc2ccc3ccccc3c2)ccc1Cl. The lowest BCUT2D eigenvalue weighted by atomic mass is 10.1. The molecule has 1 atom stereocenters. The van der Waals surface area contributed by atoms with Gasteiger partial charge in [0, 0.05) is 5.02 Å². The molecule has 3 aromatic rings. The molecule has 0 fully saturated rings. The summed E-state index contributed by atoms with van der Waals surface area (Å²) in [5.74, 6) is 1.21. The Balaban J connectivity index is 1.44.